The van der Waals surface area contributed by atoms with Gasteiger partial charge in [0, 0.05) is 0 Å². The minimum absolute atomic E-state index is 0.762. The number of aryl methyl sites for hydroxylation is 2. The highest BCUT2D eigenvalue weighted by Gasteiger charge is 1.99. The summed E-state index contributed by atoms with van der Waals surface area (Å²) in [5, 5.41) is 2.98. The van der Waals surface area contributed by atoms with Crippen LogP contribution < -0.4 is 11.1 Å². The van der Waals surface area contributed by atoms with Crippen molar-refractivity contribution in [1.82, 2.24) is 0 Å². The highest BCUT2D eigenvalue weighted by atomic mass is 14.9. The van der Waals surface area contributed by atoms with Crippen LogP contribution in [0, 0.1) is 13.8 Å². The first-order valence-corrected chi connectivity index (χ1v) is 3.89. The Morgan fingerprint density at radius 2 is 1.92 bits per heavy atom. The van der Waals surface area contributed by atoms with E-state index in [0.717, 1.165) is 11.4 Å². The van der Waals surface area contributed by atoms with Gasteiger partial charge in [0.25, 0.3) is 0 Å². The molecule has 0 aliphatic rings. The van der Waals surface area contributed by atoms with Gasteiger partial charge in [-0.3, -0.25) is 0 Å². The molecule has 0 atom stereocenters. The molecule has 0 bridgehead atoms. The second kappa shape index (κ2) is 3.30. The lowest BCUT2D eigenvalue weighted by atomic mass is 10.1. The van der Waals surface area contributed by atoms with E-state index in [1.165, 1.54) is 11.1 Å². The van der Waals surface area contributed by atoms with Gasteiger partial charge in [-0.25, -0.2) is 0 Å². The van der Waals surface area contributed by atoms with Gasteiger partial charge in [0.1, 0.15) is 0 Å². The molecule has 0 saturated heterocycles. The van der Waals surface area contributed by atoms with E-state index in [4.69, 9.17) is 5.73 Å². The van der Waals surface area contributed by atoms with Crippen LogP contribution in [-0.2, 0) is 0 Å². The van der Waals surface area contributed by atoms with Gasteiger partial charge < -0.3 is 11.1 Å². The number of nitrogens with two attached hydrogens (primary N) is 1. The van der Waals surface area contributed by atoms with Crippen molar-refractivity contribution in [3.05, 3.63) is 36.0 Å². The average molecular weight is 162 g/mol. The third-order valence-electron chi connectivity index (χ3n) is 1.92. The summed E-state index contributed by atoms with van der Waals surface area (Å²) in [7, 11) is 0. The fourth-order valence-corrected chi connectivity index (χ4v) is 1.07. The molecule has 0 aliphatic heterocycles. The highest BCUT2D eigenvalue weighted by molar-refractivity contribution is 5.69. The summed E-state index contributed by atoms with van der Waals surface area (Å²) in [5.41, 5.74) is 9.89. The van der Waals surface area contributed by atoms with Gasteiger partial charge >= 0.3 is 0 Å². The van der Waals surface area contributed by atoms with Crippen molar-refractivity contribution in [3.63, 3.8) is 0 Å². The topological polar surface area (TPSA) is 38.0 Å². The maximum Gasteiger partial charge on any atom is 0.0616 e. The second-order valence-electron chi connectivity index (χ2n) is 2.87. The molecule has 1 aromatic rings. The molecule has 2 heteroatoms. The van der Waals surface area contributed by atoms with Crippen LogP contribution in [0.4, 0.5) is 11.4 Å². The third-order valence-corrected chi connectivity index (χ3v) is 1.92. The first-order chi connectivity index (χ1) is 5.65. The summed E-state index contributed by atoms with van der Waals surface area (Å²) in [4.78, 5) is 0. The van der Waals surface area contributed by atoms with E-state index in [-0.39, 0.29) is 0 Å². The number of anilines is 2. The molecule has 0 aromatic heterocycles. The van der Waals surface area contributed by atoms with Crippen molar-refractivity contribution < 1.29 is 0 Å². The molecule has 0 amide bonds. The van der Waals surface area contributed by atoms with Crippen LogP contribution in [0.15, 0.2) is 24.9 Å². The fourth-order valence-electron chi connectivity index (χ4n) is 1.07. The van der Waals surface area contributed by atoms with Gasteiger partial charge in [-0.2, -0.15) is 0 Å². The summed E-state index contributed by atoms with van der Waals surface area (Å²) in [5.74, 6) is 0. The van der Waals surface area contributed by atoms with Crippen LogP contribution in [0.3, 0.4) is 0 Å². The van der Waals surface area contributed by atoms with Crippen LogP contribution in [-0.4, -0.2) is 0 Å². The monoisotopic (exact) mass is 162 g/mol. The molecular formula is C10H14N2. The Morgan fingerprint density at radius 3 is 2.50 bits per heavy atom. The highest BCUT2D eigenvalue weighted by Crippen LogP contribution is 2.22. The average Bonchev–Trinajstić information content (AvgIpc) is 2.01. The van der Waals surface area contributed by atoms with Crippen LogP contribution >= 0.6 is 0 Å². The smallest absolute Gasteiger partial charge is 0.0616 e. The normalized spacial score (nSPS) is 9.50. The number of rotatable bonds is 2. The molecule has 3 N–H and O–H groups in total. The van der Waals surface area contributed by atoms with Gasteiger partial charge in [0.05, 0.1) is 11.4 Å². The molecule has 12 heavy (non-hydrogen) atoms. The number of benzene rings is 1. The number of hydrogen-bond donors (Lipinski definition) is 2. The number of nitrogens with one attached hydrogen (secondary N) is 1. The Morgan fingerprint density at radius 1 is 1.33 bits per heavy atom. The Kier molecular flexibility index (Phi) is 2.38. The third kappa shape index (κ3) is 1.59. The molecule has 1 rings (SSSR count). The van der Waals surface area contributed by atoms with Gasteiger partial charge in [0.2, 0.25) is 0 Å². The van der Waals surface area contributed by atoms with E-state index < -0.39 is 0 Å². The van der Waals surface area contributed by atoms with E-state index in [1.807, 2.05) is 19.1 Å². The van der Waals surface area contributed by atoms with Crippen molar-refractivity contribution in [2.24, 2.45) is 0 Å². The minimum atomic E-state index is 0.762. The van der Waals surface area contributed by atoms with Gasteiger partial charge in [-0.1, -0.05) is 6.58 Å². The Hall–Kier alpha value is -1.44. The molecule has 64 valence electrons. The molecule has 0 spiro atoms. The van der Waals surface area contributed by atoms with Crippen molar-refractivity contribution in [2.75, 3.05) is 11.1 Å². The largest absolute Gasteiger partial charge is 0.397 e. The van der Waals surface area contributed by atoms with Crippen molar-refractivity contribution in [1.29, 1.82) is 0 Å². The van der Waals surface area contributed by atoms with Crippen LogP contribution in [0.2, 0.25) is 0 Å². The first kappa shape index (κ1) is 8.65. The Bertz CT molecular complexity index is 303. The lowest BCUT2D eigenvalue weighted by molar-refractivity contribution is 1.34. The minimum Gasteiger partial charge on any atom is -0.397 e. The van der Waals surface area contributed by atoms with Crippen molar-refractivity contribution >= 4 is 11.4 Å². The van der Waals surface area contributed by atoms with E-state index >= 15 is 0 Å². The summed E-state index contributed by atoms with van der Waals surface area (Å²) < 4.78 is 0. The lowest BCUT2D eigenvalue weighted by Crippen LogP contribution is -1.96. The predicted octanol–water partition coefficient (Wildman–Crippen LogP) is 2.44. The maximum absolute atomic E-state index is 5.77. The summed E-state index contributed by atoms with van der Waals surface area (Å²) in [6.45, 7) is 7.69. The quantitative estimate of drug-likeness (QED) is 0.655. The summed E-state index contributed by atoms with van der Waals surface area (Å²) in [6.07, 6.45) is 1.63. The zero-order valence-corrected chi connectivity index (χ0v) is 7.52. The molecule has 1 aromatic carbocycles. The SMILES string of the molecule is C=CNc1cc(C)c(C)cc1N. The first-order valence-electron chi connectivity index (χ1n) is 3.89. The lowest BCUT2D eigenvalue weighted by Gasteiger charge is -2.08. The molecule has 2 nitrogen and oxygen atoms in total. The number of hydrogen-bond acceptors (Lipinski definition) is 2. The maximum atomic E-state index is 5.77. The zero-order valence-electron chi connectivity index (χ0n) is 7.52. The van der Waals surface area contributed by atoms with Gasteiger partial charge in [0.15, 0.2) is 0 Å². The van der Waals surface area contributed by atoms with Crippen molar-refractivity contribution in [3.8, 4) is 0 Å². The van der Waals surface area contributed by atoms with Gasteiger partial charge in [-0.15, -0.1) is 0 Å². The van der Waals surface area contributed by atoms with Crippen LogP contribution in [0.25, 0.3) is 0 Å². The van der Waals surface area contributed by atoms with E-state index in [9.17, 15) is 0 Å². The summed E-state index contributed by atoms with van der Waals surface area (Å²) in [6, 6.07) is 3.98. The van der Waals surface area contributed by atoms with E-state index in [2.05, 4.69) is 18.8 Å². The number of nitrogen functional groups attached to an aromatic ring is 1. The van der Waals surface area contributed by atoms with E-state index in [1.54, 1.807) is 6.20 Å². The van der Waals surface area contributed by atoms with Crippen LogP contribution in [0.5, 0.6) is 0 Å². The summed E-state index contributed by atoms with van der Waals surface area (Å²) >= 11 is 0. The molecular weight excluding hydrogens is 148 g/mol. The Labute approximate surface area is 73.1 Å². The zero-order chi connectivity index (χ0) is 9.14. The second-order valence-corrected chi connectivity index (χ2v) is 2.87. The predicted molar refractivity (Wildman–Crippen MR) is 54.1 cm³/mol. The molecule has 0 radical (unpaired) electrons. The van der Waals surface area contributed by atoms with Gasteiger partial charge in [-0.05, 0) is 43.3 Å². The standard InChI is InChI=1S/C10H14N2/c1-4-12-10-6-8(3)7(2)5-9(10)11/h4-6,12H,1,11H2,2-3H3. The molecule has 0 heterocycles. The fraction of sp³-hybridized carbons (Fsp3) is 0.200. The molecule has 0 aliphatic carbocycles. The molecule has 0 fully saturated rings. The molecule has 0 unspecified atom stereocenters. The Balaban J connectivity index is 3.13. The van der Waals surface area contributed by atoms with Crippen LogP contribution in [0.1, 0.15) is 11.1 Å². The molecule has 0 saturated carbocycles. The van der Waals surface area contributed by atoms with Crippen molar-refractivity contribution in [2.45, 2.75) is 13.8 Å². The van der Waals surface area contributed by atoms with E-state index in [0.29, 0.717) is 0 Å².